The first-order valence-corrected chi connectivity index (χ1v) is 10.3. The molecule has 2 rings (SSSR count). The number of benzene rings is 2. The predicted octanol–water partition coefficient (Wildman–Crippen LogP) is 5.82. The number of likely N-dealkylation sites (N-methyl/N-ethyl adjacent to an activating group) is 1. The van der Waals surface area contributed by atoms with E-state index in [0.29, 0.717) is 6.61 Å². The molecule has 4 heteroatoms. The second kappa shape index (κ2) is 12.5. The zero-order valence-corrected chi connectivity index (χ0v) is 17.3. The third-order valence-electron chi connectivity index (χ3n) is 4.72. The SMILES string of the molecule is CCN(CC)CCON=C(CCCCc1ccccc1)c1ccc(Cl)cc1. The minimum atomic E-state index is 0.614. The normalized spacial score (nSPS) is 11.8. The van der Waals surface area contributed by atoms with Crippen LogP contribution in [0.15, 0.2) is 59.8 Å². The molecule has 0 aliphatic heterocycles. The first-order chi connectivity index (χ1) is 13.2. The standard InChI is InChI=1S/C23H31ClN2O/c1-3-26(4-2)18-19-27-25-23(21-14-16-22(24)17-15-21)13-9-8-12-20-10-6-5-7-11-20/h5-7,10-11,14-17H,3-4,8-9,12-13,18-19H2,1-2H3. The van der Waals surface area contributed by atoms with Crippen molar-refractivity contribution >= 4 is 17.3 Å². The zero-order chi connectivity index (χ0) is 19.3. The molecule has 0 unspecified atom stereocenters. The molecule has 146 valence electrons. The molecule has 0 amide bonds. The van der Waals surface area contributed by atoms with Gasteiger partial charge in [0.25, 0.3) is 0 Å². The van der Waals surface area contributed by atoms with Crippen LogP contribution in [0.5, 0.6) is 0 Å². The Morgan fingerprint density at radius 3 is 2.33 bits per heavy atom. The van der Waals surface area contributed by atoms with Crippen molar-refractivity contribution in [3.8, 4) is 0 Å². The number of hydrogen-bond acceptors (Lipinski definition) is 3. The fourth-order valence-corrected chi connectivity index (χ4v) is 3.11. The Hall–Kier alpha value is -1.84. The van der Waals surface area contributed by atoms with Gasteiger partial charge >= 0.3 is 0 Å². The van der Waals surface area contributed by atoms with Gasteiger partial charge in [-0.25, -0.2) is 0 Å². The van der Waals surface area contributed by atoms with Gasteiger partial charge in [-0.2, -0.15) is 0 Å². The molecule has 0 radical (unpaired) electrons. The molecule has 0 atom stereocenters. The largest absolute Gasteiger partial charge is 0.394 e. The highest BCUT2D eigenvalue weighted by Gasteiger charge is 2.06. The summed E-state index contributed by atoms with van der Waals surface area (Å²) in [5.41, 5.74) is 3.47. The average Bonchev–Trinajstić information content (AvgIpc) is 2.71. The number of aryl methyl sites for hydroxylation is 1. The molecule has 2 aromatic rings. The molecular weight excluding hydrogens is 356 g/mol. The van der Waals surface area contributed by atoms with E-state index in [1.807, 2.05) is 24.3 Å². The number of hydrogen-bond donors (Lipinski definition) is 0. The number of oxime groups is 1. The van der Waals surface area contributed by atoms with Gasteiger partial charge in [0.15, 0.2) is 0 Å². The first-order valence-electron chi connectivity index (χ1n) is 9.94. The molecule has 0 saturated heterocycles. The van der Waals surface area contributed by atoms with E-state index in [1.165, 1.54) is 5.56 Å². The molecule has 2 aromatic carbocycles. The maximum atomic E-state index is 6.03. The van der Waals surface area contributed by atoms with Crippen LogP contribution in [0.4, 0.5) is 0 Å². The summed E-state index contributed by atoms with van der Waals surface area (Å²) in [5.74, 6) is 0. The van der Waals surface area contributed by atoms with Gasteiger partial charge in [0.1, 0.15) is 6.61 Å². The quantitative estimate of drug-likeness (QED) is 0.261. The van der Waals surface area contributed by atoms with Crippen molar-refractivity contribution in [2.24, 2.45) is 5.16 Å². The molecule has 0 N–H and O–H groups in total. The van der Waals surface area contributed by atoms with Crippen molar-refractivity contribution in [1.29, 1.82) is 0 Å². The van der Waals surface area contributed by atoms with E-state index in [-0.39, 0.29) is 0 Å². The van der Waals surface area contributed by atoms with Crippen molar-refractivity contribution < 1.29 is 4.84 Å². The smallest absolute Gasteiger partial charge is 0.129 e. The molecule has 0 aromatic heterocycles. The Morgan fingerprint density at radius 1 is 0.963 bits per heavy atom. The molecule has 0 aliphatic rings. The van der Waals surface area contributed by atoms with Crippen molar-refractivity contribution in [1.82, 2.24) is 4.90 Å². The van der Waals surface area contributed by atoms with Crippen LogP contribution in [-0.4, -0.2) is 36.9 Å². The Kier molecular flexibility index (Phi) is 9.96. The van der Waals surface area contributed by atoms with Crippen LogP contribution in [0, 0.1) is 0 Å². The second-order valence-corrected chi connectivity index (χ2v) is 7.03. The van der Waals surface area contributed by atoms with Crippen LogP contribution in [0.25, 0.3) is 0 Å². The van der Waals surface area contributed by atoms with Crippen LogP contribution >= 0.6 is 11.6 Å². The van der Waals surface area contributed by atoms with Gasteiger partial charge in [0.05, 0.1) is 5.71 Å². The monoisotopic (exact) mass is 386 g/mol. The van der Waals surface area contributed by atoms with E-state index in [4.69, 9.17) is 16.4 Å². The fourth-order valence-electron chi connectivity index (χ4n) is 2.98. The van der Waals surface area contributed by atoms with Crippen LogP contribution in [0.3, 0.4) is 0 Å². The van der Waals surface area contributed by atoms with E-state index < -0.39 is 0 Å². The van der Waals surface area contributed by atoms with E-state index in [2.05, 4.69) is 54.2 Å². The summed E-state index contributed by atoms with van der Waals surface area (Å²) in [5, 5.41) is 5.20. The van der Waals surface area contributed by atoms with Crippen molar-refractivity contribution in [2.45, 2.75) is 39.5 Å². The van der Waals surface area contributed by atoms with E-state index >= 15 is 0 Å². The van der Waals surface area contributed by atoms with Crippen LogP contribution in [-0.2, 0) is 11.3 Å². The number of halogens is 1. The van der Waals surface area contributed by atoms with Gasteiger partial charge in [-0.1, -0.05) is 73.1 Å². The minimum absolute atomic E-state index is 0.614. The summed E-state index contributed by atoms with van der Waals surface area (Å²) >= 11 is 6.03. The molecule has 0 aliphatic carbocycles. The third kappa shape index (κ3) is 8.15. The molecule has 0 heterocycles. The molecule has 0 saturated carbocycles. The van der Waals surface area contributed by atoms with E-state index in [0.717, 1.165) is 61.6 Å². The Labute approximate surface area is 169 Å². The van der Waals surface area contributed by atoms with Crippen molar-refractivity contribution in [3.63, 3.8) is 0 Å². The topological polar surface area (TPSA) is 24.8 Å². The summed E-state index contributed by atoms with van der Waals surface area (Å²) in [6, 6.07) is 18.5. The summed E-state index contributed by atoms with van der Waals surface area (Å²) in [6.07, 6.45) is 4.21. The molecule has 27 heavy (non-hydrogen) atoms. The Morgan fingerprint density at radius 2 is 1.67 bits per heavy atom. The number of rotatable bonds is 12. The van der Waals surface area contributed by atoms with Gasteiger partial charge in [-0.3, -0.25) is 0 Å². The zero-order valence-electron chi connectivity index (χ0n) is 16.5. The Bertz CT molecular complexity index is 667. The van der Waals surface area contributed by atoms with Crippen LogP contribution in [0.2, 0.25) is 5.02 Å². The van der Waals surface area contributed by atoms with E-state index in [1.54, 1.807) is 0 Å². The van der Waals surface area contributed by atoms with Gasteiger partial charge in [-0.05, 0) is 62.0 Å². The van der Waals surface area contributed by atoms with Crippen LogP contribution in [0.1, 0.15) is 44.2 Å². The highest BCUT2D eigenvalue weighted by Crippen LogP contribution is 2.15. The fraction of sp³-hybridized carbons (Fsp3) is 0.435. The lowest BCUT2D eigenvalue weighted by Crippen LogP contribution is -2.26. The highest BCUT2D eigenvalue weighted by molar-refractivity contribution is 6.30. The van der Waals surface area contributed by atoms with E-state index in [9.17, 15) is 0 Å². The number of unbranched alkanes of at least 4 members (excludes halogenated alkanes) is 1. The van der Waals surface area contributed by atoms with Crippen LogP contribution < -0.4 is 0 Å². The van der Waals surface area contributed by atoms with Gasteiger partial charge in [0, 0.05) is 11.6 Å². The predicted molar refractivity (Wildman–Crippen MR) is 116 cm³/mol. The highest BCUT2D eigenvalue weighted by atomic mass is 35.5. The average molecular weight is 387 g/mol. The lowest BCUT2D eigenvalue weighted by atomic mass is 10.0. The van der Waals surface area contributed by atoms with Gasteiger partial charge in [0.2, 0.25) is 0 Å². The lowest BCUT2D eigenvalue weighted by Gasteiger charge is -2.16. The summed E-state index contributed by atoms with van der Waals surface area (Å²) < 4.78 is 0. The molecular formula is C23H31ClN2O. The first kappa shape index (κ1) is 21.5. The number of nitrogens with zero attached hydrogens (tertiary/aromatic N) is 2. The summed E-state index contributed by atoms with van der Waals surface area (Å²) in [4.78, 5) is 7.97. The van der Waals surface area contributed by atoms with Crippen molar-refractivity contribution in [3.05, 3.63) is 70.7 Å². The second-order valence-electron chi connectivity index (χ2n) is 6.60. The maximum absolute atomic E-state index is 6.03. The lowest BCUT2D eigenvalue weighted by molar-refractivity contribution is 0.114. The molecule has 3 nitrogen and oxygen atoms in total. The molecule has 0 bridgehead atoms. The molecule has 0 fully saturated rings. The summed E-state index contributed by atoms with van der Waals surface area (Å²) in [6.45, 7) is 7.92. The minimum Gasteiger partial charge on any atom is -0.394 e. The third-order valence-corrected chi connectivity index (χ3v) is 4.97. The van der Waals surface area contributed by atoms with Gasteiger partial charge in [-0.15, -0.1) is 0 Å². The maximum Gasteiger partial charge on any atom is 0.129 e. The Balaban J connectivity index is 1.88. The van der Waals surface area contributed by atoms with Gasteiger partial charge < -0.3 is 9.74 Å². The molecule has 0 spiro atoms. The van der Waals surface area contributed by atoms with Crippen molar-refractivity contribution in [2.75, 3.05) is 26.2 Å². The summed E-state index contributed by atoms with van der Waals surface area (Å²) in [7, 11) is 0.